The molecule has 0 bridgehead atoms. The van der Waals surface area contributed by atoms with Crippen molar-refractivity contribution in [1.29, 1.82) is 0 Å². The molecular weight excluding hydrogens is 218 g/mol. The predicted octanol–water partition coefficient (Wildman–Crippen LogP) is 2.40. The number of aliphatic carboxylic acids is 1. The van der Waals surface area contributed by atoms with Crippen molar-refractivity contribution in [3.05, 3.63) is 36.0 Å². The molecule has 2 rings (SSSR count). The van der Waals surface area contributed by atoms with Crippen LogP contribution in [-0.4, -0.2) is 22.2 Å². The molecule has 0 amide bonds. The summed E-state index contributed by atoms with van der Waals surface area (Å²) in [6.07, 6.45) is 0.804. The van der Waals surface area contributed by atoms with Crippen LogP contribution in [0.3, 0.4) is 0 Å². The van der Waals surface area contributed by atoms with Gasteiger partial charge in [-0.2, -0.15) is 0 Å². The lowest BCUT2D eigenvalue weighted by atomic mass is 10.1. The second-order valence-corrected chi connectivity index (χ2v) is 3.88. The van der Waals surface area contributed by atoms with E-state index in [1.807, 2.05) is 25.1 Å². The number of carbonyl (C=O) groups is 1. The van der Waals surface area contributed by atoms with E-state index in [1.54, 1.807) is 12.3 Å². The van der Waals surface area contributed by atoms with Gasteiger partial charge in [-0.25, -0.2) is 4.79 Å². The highest BCUT2D eigenvalue weighted by Gasteiger charge is 2.14. The number of para-hydroxylation sites is 1. The fourth-order valence-corrected chi connectivity index (χ4v) is 1.62. The number of aryl methyl sites for hydroxylation is 1. The molecule has 0 aliphatic rings. The number of pyridine rings is 1. The van der Waals surface area contributed by atoms with Crippen molar-refractivity contribution in [2.45, 2.75) is 20.0 Å². The zero-order valence-electron chi connectivity index (χ0n) is 9.68. The van der Waals surface area contributed by atoms with Gasteiger partial charge in [0.15, 0.2) is 6.10 Å². The van der Waals surface area contributed by atoms with Crippen molar-refractivity contribution in [2.24, 2.45) is 0 Å². The first-order valence-corrected chi connectivity index (χ1v) is 5.33. The summed E-state index contributed by atoms with van der Waals surface area (Å²) in [7, 11) is 0. The molecule has 0 fully saturated rings. The fraction of sp³-hybridized carbons (Fsp3) is 0.231. The highest BCUT2D eigenvalue weighted by molar-refractivity contribution is 5.87. The number of ether oxygens (including phenoxy) is 1. The third-order valence-corrected chi connectivity index (χ3v) is 2.60. The highest BCUT2D eigenvalue weighted by Crippen LogP contribution is 2.26. The van der Waals surface area contributed by atoms with E-state index in [0.29, 0.717) is 11.3 Å². The smallest absolute Gasteiger partial charge is 0.344 e. The van der Waals surface area contributed by atoms with Gasteiger partial charge in [-0.05, 0) is 31.5 Å². The number of aromatic nitrogens is 1. The van der Waals surface area contributed by atoms with E-state index in [4.69, 9.17) is 9.84 Å². The molecule has 1 unspecified atom stereocenters. The summed E-state index contributed by atoms with van der Waals surface area (Å²) in [4.78, 5) is 15.0. The molecule has 0 aliphatic carbocycles. The van der Waals surface area contributed by atoms with Crippen LogP contribution < -0.4 is 4.74 Å². The summed E-state index contributed by atoms with van der Waals surface area (Å²) in [5, 5.41) is 9.80. The van der Waals surface area contributed by atoms with Crippen molar-refractivity contribution in [2.75, 3.05) is 0 Å². The van der Waals surface area contributed by atoms with E-state index in [0.717, 1.165) is 10.9 Å². The molecule has 1 N–H and O–H groups in total. The van der Waals surface area contributed by atoms with Gasteiger partial charge in [0.2, 0.25) is 0 Å². The summed E-state index contributed by atoms with van der Waals surface area (Å²) < 4.78 is 5.38. The van der Waals surface area contributed by atoms with Gasteiger partial charge < -0.3 is 9.84 Å². The van der Waals surface area contributed by atoms with E-state index >= 15 is 0 Å². The van der Waals surface area contributed by atoms with Crippen LogP contribution in [0.2, 0.25) is 0 Å². The van der Waals surface area contributed by atoms with Crippen LogP contribution in [0.1, 0.15) is 12.5 Å². The third-order valence-electron chi connectivity index (χ3n) is 2.60. The van der Waals surface area contributed by atoms with Gasteiger partial charge in [0.05, 0.1) is 0 Å². The molecule has 0 spiro atoms. The summed E-state index contributed by atoms with van der Waals surface area (Å²) >= 11 is 0. The number of nitrogens with zero attached hydrogens (tertiary/aromatic N) is 1. The van der Waals surface area contributed by atoms with Gasteiger partial charge in [0.25, 0.3) is 0 Å². The number of hydrogen-bond donors (Lipinski definition) is 1. The number of rotatable bonds is 3. The number of carboxylic acid groups (broad SMARTS) is 1. The van der Waals surface area contributed by atoms with Gasteiger partial charge in [0.1, 0.15) is 11.3 Å². The molecule has 4 nitrogen and oxygen atoms in total. The molecule has 1 atom stereocenters. The maximum absolute atomic E-state index is 10.8. The molecule has 0 saturated heterocycles. The van der Waals surface area contributed by atoms with Crippen LogP contribution in [0, 0.1) is 6.92 Å². The van der Waals surface area contributed by atoms with Crippen molar-refractivity contribution in [3.63, 3.8) is 0 Å². The Morgan fingerprint density at radius 3 is 2.88 bits per heavy atom. The van der Waals surface area contributed by atoms with Crippen LogP contribution in [0.5, 0.6) is 5.75 Å². The molecule has 1 aromatic carbocycles. The normalized spacial score (nSPS) is 12.4. The van der Waals surface area contributed by atoms with Crippen molar-refractivity contribution in [3.8, 4) is 5.75 Å². The Hall–Kier alpha value is -2.10. The minimum absolute atomic E-state index is 0.501. The van der Waals surface area contributed by atoms with Gasteiger partial charge >= 0.3 is 5.97 Å². The van der Waals surface area contributed by atoms with Gasteiger partial charge in [-0.1, -0.05) is 12.1 Å². The Kier molecular flexibility index (Phi) is 2.95. The van der Waals surface area contributed by atoms with Crippen molar-refractivity contribution < 1.29 is 14.6 Å². The third kappa shape index (κ3) is 2.20. The van der Waals surface area contributed by atoms with Crippen molar-refractivity contribution in [1.82, 2.24) is 4.98 Å². The van der Waals surface area contributed by atoms with E-state index in [9.17, 15) is 4.79 Å². The number of hydrogen-bond acceptors (Lipinski definition) is 3. The maximum atomic E-state index is 10.8. The van der Waals surface area contributed by atoms with Crippen molar-refractivity contribution >= 4 is 16.9 Å². The molecule has 0 saturated carbocycles. The minimum atomic E-state index is -0.991. The lowest BCUT2D eigenvalue weighted by Gasteiger charge is -2.12. The monoisotopic (exact) mass is 231 g/mol. The largest absolute Gasteiger partial charge is 0.479 e. The Bertz CT molecular complexity index is 566. The molecule has 17 heavy (non-hydrogen) atoms. The first kappa shape index (κ1) is 11.4. The summed E-state index contributed by atoms with van der Waals surface area (Å²) in [5.74, 6) is -0.490. The van der Waals surface area contributed by atoms with Gasteiger partial charge in [0, 0.05) is 11.6 Å². The molecule has 1 aromatic heterocycles. The average Bonchev–Trinajstić information content (AvgIpc) is 2.30. The van der Waals surface area contributed by atoms with E-state index in [2.05, 4.69) is 4.98 Å². The lowest BCUT2D eigenvalue weighted by Crippen LogP contribution is -2.23. The zero-order chi connectivity index (χ0) is 12.4. The molecule has 0 aliphatic heterocycles. The lowest BCUT2D eigenvalue weighted by molar-refractivity contribution is -0.144. The first-order chi connectivity index (χ1) is 8.09. The fourth-order valence-electron chi connectivity index (χ4n) is 1.62. The van der Waals surface area contributed by atoms with Gasteiger partial charge in [-0.15, -0.1) is 0 Å². The summed E-state index contributed by atoms with van der Waals surface area (Å²) in [6, 6.07) is 7.41. The SMILES string of the molecule is Cc1ccnc2c(OC(C)C(=O)O)cccc12. The highest BCUT2D eigenvalue weighted by atomic mass is 16.5. The van der Waals surface area contributed by atoms with Crippen LogP contribution in [-0.2, 0) is 4.79 Å². The van der Waals surface area contributed by atoms with Gasteiger partial charge in [-0.3, -0.25) is 4.98 Å². The summed E-state index contributed by atoms with van der Waals surface area (Å²) in [5.41, 5.74) is 1.78. The van der Waals surface area contributed by atoms with E-state index < -0.39 is 12.1 Å². The Morgan fingerprint density at radius 2 is 2.18 bits per heavy atom. The zero-order valence-corrected chi connectivity index (χ0v) is 9.68. The van der Waals surface area contributed by atoms with E-state index in [-0.39, 0.29) is 0 Å². The molecule has 0 radical (unpaired) electrons. The molecule has 2 aromatic rings. The maximum Gasteiger partial charge on any atom is 0.344 e. The second-order valence-electron chi connectivity index (χ2n) is 3.88. The quantitative estimate of drug-likeness (QED) is 0.881. The molecule has 88 valence electrons. The standard InChI is InChI=1S/C13H13NO3/c1-8-6-7-14-12-10(8)4-3-5-11(12)17-9(2)13(15)16/h3-7,9H,1-2H3,(H,15,16). The van der Waals surface area contributed by atoms with Crippen LogP contribution in [0.25, 0.3) is 10.9 Å². The Balaban J connectivity index is 2.48. The first-order valence-electron chi connectivity index (χ1n) is 5.33. The number of fused-ring (bicyclic) bond motifs is 1. The summed E-state index contributed by atoms with van der Waals surface area (Å²) in [6.45, 7) is 3.48. The van der Waals surface area contributed by atoms with Crippen LogP contribution >= 0.6 is 0 Å². The minimum Gasteiger partial charge on any atom is -0.479 e. The molecular formula is C13H13NO3. The second kappa shape index (κ2) is 4.41. The van der Waals surface area contributed by atoms with E-state index in [1.165, 1.54) is 6.92 Å². The number of carboxylic acids is 1. The number of benzene rings is 1. The Labute approximate surface area is 98.9 Å². The van der Waals surface area contributed by atoms with Crippen LogP contribution in [0.4, 0.5) is 0 Å². The predicted molar refractivity (Wildman–Crippen MR) is 64.2 cm³/mol. The topological polar surface area (TPSA) is 59.4 Å². The molecule has 1 heterocycles. The molecule has 4 heteroatoms. The average molecular weight is 231 g/mol. The Morgan fingerprint density at radius 1 is 1.41 bits per heavy atom. The van der Waals surface area contributed by atoms with Crippen LogP contribution in [0.15, 0.2) is 30.5 Å².